The summed E-state index contributed by atoms with van der Waals surface area (Å²) in [6.07, 6.45) is 10.9. The lowest BCUT2D eigenvalue weighted by Crippen LogP contribution is -2.38. The fraction of sp³-hybridized carbons (Fsp3) is 0.905. The van der Waals surface area contributed by atoms with Crippen LogP contribution in [0, 0.1) is 0 Å². The molecule has 0 radical (unpaired) electrons. The largest absolute Gasteiger partial charge is 0.418 e. The second-order valence-corrected chi connectivity index (χ2v) is 15.5. The number of hydrogen-bond acceptors (Lipinski definition) is 5. The van der Waals surface area contributed by atoms with Crippen molar-refractivity contribution in [3.63, 3.8) is 0 Å². The van der Waals surface area contributed by atoms with E-state index in [2.05, 4.69) is 49.0 Å². The molecule has 0 saturated heterocycles. The van der Waals surface area contributed by atoms with E-state index in [4.69, 9.17) is 59.0 Å². The zero-order chi connectivity index (χ0) is 31.1. The van der Waals surface area contributed by atoms with Crippen molar-refractivity contribution < 1.29 is 63.7 Å². The molecule has 0 bridgehead atoms. The Morgan fingerprint density at radius 3 is 1.21 bits per heavy atom. The summed E-state index contributed by atoms with van der Waals surface area (Å²) in [6, 6.07) is 2.22. The predicted octanol–water partition coefficient (Wildman–Crippen LogP) is 10.2. The predicted molar refractivity (Wildman–Crippen MR) is 142 cm³/mol. The van der Waals surface area contributed by atoms with Gasteiger partial charge in [-0.05, 0) is 103 Å². The topological polar surface area (TPSA) is 52.4 Å². The summed E-state index contributed by atoms with van der Waals surface area (Å²) in [5, 5.41) is 0. The first-order valence-corrected chi connectivity index (χ1v) is 17.6. The van der Waals surface area contributed by atoms with Crippen LogP contribution in [-0.2, 0) is 13.3 Å². The molecule has 0 unspecified atom stereocenters. The summed E-state index contributed by atoms with van der Waals surface area (Å²) >= 11 is 0. The maximum atomic E-state index is 8.00. The van der Waals surface area contributed by atoms with Gasteiger partial charge in [-0.3, -0.25) is 14.7 Å². The summed E-state index contributed by atoms with van der Waals surface area (Å²) < 4.78 is 97.5. The monoisotopic (exact) mass is 640 g/mol. The van der Waals surface area contributed by atoms with Crippen LogP contribution in [-0.4, -0.2) is 62.2 Å². The Morgan fingerprint density at radius 1 is 0.538 bits per heavy atom. The van der Waals surface area contributed by atoms with Gasteiger partial charge in [0.05, 0.1) is 0 Å². The highest BCUT2D eigenvalue weighted by atomic mass is 28.4. The second-order valence-electron chi connectivity index (χ2n) is 7.86. The zero-order valence-electron chi connectivity index (χ0n) is 23.7. The van der Waals surface area contributed by atoms with Gasteiger partial charge in [-0.15, -0.1) is 0 Å². The number of halogens is 11. The molecular weight excluding hydrogens is 593 g/mol. The maximum absolute atomic E-state index is 8.00. The van der Waals surface area contributed by atoms with E-state index in [0.717, 1.165) is 64.6 Å². The van der Waals surface area contributed by atoms with E-state index < -0.39 is 16.9 Å². The van der Waals surface area contributed by atoms with Gasteiger partial charge < -0.3 is 13.3 Å². The van der Waals surface area contributed by atoms with Crippen molar-refractivity contribution >= 4 is 29.3 Å². The van der Waals surface area contributed by atoms with E-state index in [1.807, 2.05) is 13.8 Å². The third-order valence-corrected chi connectivity index (χ3v) is 10.3. The lowest BCUT2D eigenvalue weighted by molar-refractivity contribution is 0.108. The average Bonchev–Trinajstić information content (AvgIpc) is 2.94. The molecule has 0 saturated carbocycles. The van der Waals surface area contributed by atoms with Crippen molar-refractivity contribution in [2.24, 2.45) is 9.98 Å². The normalized spacial score (nSPS) is 10.3. The van der Waals surface area contributed by atoms with Crippen LogP contribution < -0.4 is 0 Å². The van der Waals surface area contributed by atoms with Crippen LogP contribution in [0.15, 0.2) is 9.98 Å². The third-order valence-electron chi connectivity index (χ3n) is 4.59. The molecule has 0 spiro atoms. The number of unbranched alkanes of at least 4 members (excludes halogenated alkanes) is 3. The molecule has 0 aromatic carbocycles. The number of nitrogens with zero attached hydrogens (tertiary/aromatic N) is 2. The van der Waals surface area contributed by atoms with Gasteiger partial charge in [-0.25, -0.2) is 0 Å². The highest BCUT2D eigenvalue weighted by molar-refractivity contribution is 6.71. The minimum absolute atomic E-state index is 0. The van der Waals surface area contributed by atoms with Crippen molar-refractivity contribution in [1.82, 2.24) is 0 Å². The van der Waals surface area contributed by atoms with Gasteiger partial charge in [0.2, 0.25) is 0 Å². The van der Waals surface area contributed by atoms with E-state index >= 15 is 0 Å². The van der Waals surface area contributed by atoms with Gasteiger partial charge >= 0.3 is 8.56 Å². The summed E-state index contributed by atoms with van der Waals surface area (Å²) in [4.78, 5) is 9.07. The molecule has 0 aliphatic heterocycles. The standard InChI is InChI=1S/C21H46N2O3Si2.5F2.FH/c1-7-24-27(4,5)20-14-18-22-16-12-10-11-13-17-23-19-15-21-28(6,25-8-2)26-9-3;5*1-2;/h16-17H,7-15,18-21H2,1-6H3;;;;;;1H. The molecule has 0 aliphatic rings. The molecular formula is C21H47F11N2O3Si2. The van der Waals surface area contributed by atoms with Crippen LogP contribution in [0.5, 0.6) is 0 Å². The summed E-state index contributed by atoms with van der Waals surface area (Å²) in [5.41, 5.74) is 0. The number of aliphatic imine (C=N–C) groups is 2. The van der Waals surface area contributed by atoms with Crippen LogP contribution in [0.2, 0.25) is 31.7 Å². The molecule has 0 heterocycles. The van der Waals surface area contributed by atoms with Crippen molar-refractivity contribution in [3.8, 4) is 0 Å². The Hall–Kier alpha value is -1.12. The molecule has 0 aliphatic carbocycles. The van der Waals surface area contributed by atoms with Crippen LogP contribution in [0.3, 0.4) is 0 Å². The number of hydrogen-bond donors (Lipinski definition) is 0. The maximum Gasteiger partial charge on any atom is 0.334 e. The van der Waals surface area contributed by atoms with Gasteiger partial charge in [-0.1, -0.05) is 0 Å². The van der Waals surface area contributed by atoms with E-state index in [1.54, 1.807) is 0 Å². The van der Waals surface area contributed by atoms with Gasteiger partial charge in [0.25, 0.3) is 0 Å². The van der Waals surface area contributed by atoms with Crippen LogP contribution in [0.1, 0.15) is 59.3 Å². The van der Waals surface area contributed by atoms with Crippen molar-refractivity contribution in [1.29, 1.82) is 0 Å². The molecule has 5 nitrogen and oxygen atoms in total. The van der Waals surface area contributed by atoms with Crippen LogP contribution >= 0.6 is 0 Å². The van der Waals surface area contributed by atoms with E-state index in [-0.39, 0.29) is 4.70 Å². The SMILES string of the molecule is CCO[Si](C)(C)CCCN=CCCCCC=NCCC[Si](C)(OCC)OCC.F.FF.FF.FF.FF.FF. The highest BCUT2D eigenvalue weighted by Gasteiger charge is 2.29. The molecule has 0 amide bonds. The number of rotatable bonds is 19. The molecule has 0 aromatic rings. The average molecular weight is 641 g/mol. The molecule has 244 valence electrons. The van der Waals surface area contributed by atoms with E-state index in [0.29, 0.717) is 0 Å². The van der Waals surface area contributed by atoms with Gasteiger partial charge in [0.15, 0.2) is 8.32 Å². The molecule has 0 aromatic heterocycles. The molecule has 39 heavy (non-hydrogen) atoms. The molecule has 0 fully saturated rings. The van der Waals surface area contributed by atoms with Gasteiger partial charge in [0.1, 0.15) is 0 Å². The Labute approximate surface area is 227 Å². The van der Waals surface area contributed by atoms with Crippen LogP contribution in [0.4, 0.5) is 50.4 Å². The molecule has 0 rings (SSSR count). The molecule has 0 atom stereocenters. The van der Waals surface area contributed by atoms with Gasteiger partial charge in [-0.2, -0.15) is 0 Å². The minimum Gasteiger partial charge on any atom is -0.418 e. The smallest absolute Gasteiger partial charge is 0.334 e. The Morgan fingerprint density at radius 2 is 0.872 bits per heavy atom. The Kier molecular flexibility index (Phi) is 69.0. The third kappa shape index (κ3) is 50.3. The van der Waals surface area contributed by atoms with E-state index in [9.17, 15) is 0 Å². The Bertz CT molecular complexity index is 446. The summed E-state index contributed by atoms with van der Waals surface area (Å²) in [7, 11) is -3.38. The fourth-order valence-electron chi connectivity index (χ4n) is 3.18. The van der Waals surface area contributed by atoms with Crippen molar-refractivity contribution in [2.45, 2.75) is 91.0 Å². The molecule has 18 heteroatoms. The first-order chi connectivity index (χ1) is 18.4. The van der Waals surface area contributed by atoms with Crippen molar-refractivity contribution in [3.05, 3.63) is 0 Å². The first-order valence-electron chi connectivity index (χ1n) is 12.0. The minimum atomic E-state index is -1.96. The lowest BCUT2D eigenvalue weighted by atomic mass is 10.2. The Balaban J connectivity index is -0.000000166. The first kappa shape index (κ1) is 54.0. The molecule has 0 N–H and O–H groups in total. The second kappa shape index (κ2) is 49.8. The zero-order valence-corrected chi connectivity index (χ0v) is 25.7. The van der Waals surface area contributed by atoms with Gasteiger partial charge in [0, 0.05) is 78.7 Å². The van der Waals surface area contributed by atoms with Crippen molar-refractivity contribution in [2.75, 3.05) is 32.9 Å². The van der Waals surface area contributed by atoms with Crippen LogP contribution in [0.25, 0.3) is 0 Å². The quantitative estimate of drug-likeness (QED) is 0.0611. The fourth-order valence-corrected chi connectivity index (χ4v) is 7.51. The summed E-state index contributed by atoms with van der Waals surface area (Å²) in [5.74, 6) is 0. The van der Waals surface area contributed by atoms with E-state index in [1.165, 1.54) is 18.9 Å². The lowest BCUT2D eigenvalue weighted by Gasteiger charge is -2.25. The summed E-state index contributed by atoms with van der Waals surface area (Å²) in [6.45, 7) is 17.0. The highest BCUT2D eigenvalue weighted by Crippen LogP contribution is 2.16.